The van der Waals surface area contributed by atoms with Gasteiger partial charge >= 0.3 is 0 Å². The number of aryl methyl sites for hydroxylation is 1. The van der Waals surface area contributed by atoms with E-state index in [0.29, 0.717) is 5.95 Å². The molecule has 0 fully saturated rings. The van der Waals surface area contributed by atoms with Crippen molar-refractivity contribution >= 4 is 39.5 Å². The highest BCUT2D eigenvalue weighted by Gasteiger charge is 2.08. The summed E-state index contributed by atoms with van der Waals surface area (Å²) in [5, 5.41) is 7.37. The maximum atomic E-state index is 4.60. The maximum absolute atomic E-state index is 4.60. The smallest absolute Gasteiger partial charge is 0.222 e. The lowest BCUT2D eigenvalue weighted by Crippen LogP contribution is -1.96. The quantitative estimate of drug-likeness (QED) is 0.396. The molecule has 0 unspecified atom stereocenters. The van der Waals surface area contributed by atoms with Crippen LogP contribution in [0.5, 0.6) is 0 Å². The van der Waals surface area contributed by atoms with Gasteiger partial charge in [-0.2, -0.15) is 0 Å². The van der Waals surface area contributed by atoms with Crippen molar-refractivity contribution in [3.05, 3.63) is 72.4 Å². The molecule has 0 atom stereocenters. The molecule has 0 amide bonds. The SMILES string of the molecule is CNc1ncc2cc(-c3cc(Nc4nc5ccccc5[nH]4)ccc3C)ccc2n1. The van der Waals surface area contributed by atoms with Crippen molar-refractivity contribution in [3.8, 4) is 11.1 Å². The first-order valence-corrected chi connectivity index (χ1v) is 9.47. The minimum atomic E-state index is 0.624. The fourth-order valence-electron chi connectivity index (χ4n) is 3.48. The van der Waals surface area contributed by atoms with Crippen LogP contribution in [-0.4, -0.2) is 27.0 Å². The number of imidazole rings is 1. The molecule has 2 aromatic heterocycles. The molecule has 0 aliphatic rings. The molecule has 0 bridgehead atoms. The normalized spacial score (nSPS) is 11.1. The van der Waals surface area contributed by atoms with Gasteiger partial charge in [-0.05, 0) is 60.0 Å². The van der Waals surface area contributed by atoms with Gasteiger partial charge in [0.2, 0.25) is 11.9 Å². The third-order valence-electron chi connectivity index (χ3n) is 5.00. The van der Waals surface area contributed by atoms with Crippen LogP contribution in [0.3, 0.4) is 0 Å². The van der Waals surface area contributed by atoms with Gasteiger partial charge < -0.3 is 15.6 Å². The predicted octanol–water partition coefficient (Wildman–Crippen LogP) is 5.27. The number of nitrogens with one attached hydrogen (secondary N) is 3. The second kappa shape index (κ2) is 6.91. The van der Waals surface area contributed by atoms with Gasteiger partial charge in [0, 0.05) is 24.3 Å². The third kappa shape index (κ3) is 3.25. The summed E-state index contributed by atoms with van der Waals surface area (Å²) in [6, 6.07) is 20.6. The molecule has 0 radical (unpaired) electrons. The largest absolute Gasteiger partial charge is 0.357 e. The van der Waals surface area contributed by atoms with Crippen LogP contribution < -0.4 is 10.6 Å². The van der Waals surface area contributed by atoms with Gasteiger partial charge in [0.05, 0.1) is 16.6 Å². The van der Waals surface area contributed by atoms with Gasteiger partial charge in [-0.1, -0.05) is 24.3 Å². The fourth-order valence-corrected chi connectivity index (χ4v) is 3.48. The molecule has 6 nitrogen and oxygen atoms in total. The molecule has 6 heteroatoms. The maximum Gasteiger partial charge on any atom is 0.222 e. The van der Waals surface area contributed by atoms with E-state index < -0.39 is 0 Å². The van der Waals surface area contributed by atoms with Gasteiger partial charge in [-0.25, -0.2) is 15.0 Å². The topological polar surface area (TPSA) is 78.5 Å². The molecule has 0 spiro atoms. The van der Waals surface area contributed by atoms with Crippen LogP contribution in [0.2, 0.25) is 0 Å². The van der Waals surface area contributed by atoms with Gasteiger partial charge in [0.25, 0.3) is 0 Å². The summed E-state index contributed by atoms with van der Waals surface area (Å²) in [7, 11) is 1.82. The van der Waals surface area contributed by atoms with Crippen LogP contribution in [0.25, 0.3) is 33.1 Å². The second-order valence-corrected chi connectivity index (χ2v) is 6.97. The van der Waals surface area contributed by atoms with E-state index in [0.717, 1.165) is 44.7 Å². The summed E-state index contributed by atoms with van der Waals surface area (Å²) in [6.07, 6.45) is 1.85. The highest BCUT2D eigenvalue weighted by Crippen LogP contribution is 2.30. The summed E-state index contributed by atoms with van der Waals surface area (Å²) in [6.45, 7) is 2.12. The van der Waals surface area contributed by atoms with Crippen LogP contribution in [0, 0.1) is 6.92 Å². The Morgan fingerprint density at radius 1 is 0.897 bits per heavy atom. The van der Waals surface area contributed by atoms with Crippen molar-refractivity contribution in [2.24, 2.45) is 0 Å². The van der Waals surface area contributed by atoms with E-state index in [1.165, 1.54) is 5.56 Å². The number of benzene rings is 3. The molecule has 0 aliphatic carbocycles. The van der Waals surface area contributed by atoms with Crippen molar-refractivity contribution < 1.29 is 0 Å². The Balaban J connectivity index is 1.51. The van der Waals surface area contributed by atoms with Crippen LogP contribution in [0.15, 0.2) is 66.9 Å². The Bertz CT molecular complexity index is 1310. The van der Waals surface area contributed by atoms with Crippen LogP contribution in [0.4, 0.5) is 17.6 Å². The highest BCUT2D eigenvalue weighted by atomic mass is 15.1. The molecule has 2 heterocycles. The lowest BCUT2D eigenvalue weighted by atomic mass is 9.98. The molecule has 3 aromatic carbocycles. The zero-order valence-electron chi connectivity index (χ0n) is 16.2. The predicted molar refractivity (Wildman–Crippen MR) is 119 cm³/mol. The van der Waals surface area contributed by atoms with Crippen LogP contribution in [0.1, 0.15) is 5.56 Å². The number of nitrogens with zero attached hydrogens (tertiary/aromatic N) is 3. The summed E-state index contributed by atoms with van der Waals surface area (Å²) in [5.74, 6) is 1.35. The number of anilines is 3. The van der Waals surface area contributed by atoms with E-state index in [-0.39, 0.29) is 0 Å². The van der Waals surface area contributed by atoms with Crippen molar-refractivity contribution in [2.75, 3.05) is 17.7 Å². The standard InChI is InChI=1S/C23H20N6/c1-14-7-9-17(26-23-28-20-5-3-4-6-21(20)29-23)12-18(14)15-8-10-19-16(11-15)13-25-22(24-2)27-19/h3-13H,1-2H3,(H,24,25,27)(H2,26,28,29). The van der Waals surface area contributed by atoms with E-state index in [1.807, 2.05) is 43.6 Å². The summed E-state index contributed by atoms with van der Waals surface area (Å²) >= 11 is 0. The van der Waals surface area contributed by atoms with Crippen molar-refractivity contribution in [3.63, 3.8) is 0 Å². The Kier molecular flexibility index (Phi) is 4.09. The second-order valence-electron chi connectivity index (χ2n) is 6.97. The monoisotopic (exact) mass is 380 g/mol. The number of fused-ring (bicyclic) bond motifs is 2. The number of hydrogen-bond acceptors (Lipinski definition) is 5. The van der Waals surface area contributed by atoms with Gasteiger partial charge in [0.15, 0.2) is 0 Å². The van der Waals surface area contributed by atoms with Crippen molar-refractivity contribution in [1.29, 1.82) is 0 Å². The van der Waals surface area contributed by atoms with Gasteiger partial charge in [0.1, 0.15) is 0 Å². The Hall–Kier alpha value is -3.93. The average molecular weight is 380 g/mol. The highest BCUT2D eigenvalue weighted by molar-refractivity contribution is 5.86. The van der Waals surface area contributed by atoms with Gasteiger partial charge in [-0.15, -0.1) is 0 Å². The molecule has 142 valence electrons. The molecule has 0 saturated heterocycles. The molecular weight excluding hydrogens is 360 g/mol. The lowest BCUT2D eigenvalue weighted by molar-refractivity contribution is 1.19. The van der Waals surface area contributed by atoms with Crippen molar-refractivity contribution in [2.45, 2.75) is 6.92 Å². The van der Waals surface area contributed by atoms with E-state index in [4.69, 9.17) is 0 Å². The Morgan fingerprint density at radius 3 is 2.66 bits per heavy atom. The van der Waals surface area contributed by atoms with E-state index in [1.54, 1.807) is 0 Å². The first-order valence-electron chi connectivity index (χ1n) is 9.47. The van der Waals surface area contributed by atoms with Gasteiger partial charge in [-0.3, -0.25) is 0 Å². The molecule has 3 N–H and O–H groups in total. The number of para-hydroxylation sites is 2. The zero-order valence-corrected chi connectivity index (χ0v) is 16.2. The minimum Gasteiger partial charge on any atom is -0.357 e. The number of H-pyrrole nitrogens is 1. The summed E-state index contributed by atoms with van der Waals surface area (Å²) in [5.41, 5.74) is 7.34. The molecule has 29 heavy (non-hydrogen) atoms. The number of aromatic amines is 1. The van der Waals surface area contributed by atoms with Crippen molar-refractivity contribution in [1.82, 2.24) is 19.9 Å². The third-order valence-corrected chi connectivity index (χ3v) is 5.00. The number of hydrogen-bond donors (Lipinski definition) is 3. The first kappa shape index (κ1) is 17.2. The molecule has 5 rings (SSSR count). The molecular formula is C23H20N6. The van der Waals surface area contributed by atoms with E-state index in [2.05, 4.69) is 67.8 Å². The minimum absolute atomic E-state index is 0.624. The van der Waals surface area contributed by atoms with E-state index in [9.17, 15) is 0 Å². The Morgan fingerprint density at radius 2 is 1.79 bits per heavy atom. The number of rotatable bonds is 4. The zero-order chi connectivity index (χ0) is 19.8. The fraction of sp³-hybridized carbons (Fsp3) is 0.0870. The van der Waals surface area contributed by atoms with E-state index >= 15 is 0 Å². The number of aromatic nitrogens is 4. The first-order chi connectivity index (χ1) is 14.2. The molecule has 5 aromatic rings. The summed E-state index contributed by atoms with van der Waals surface area (Å²) < 4.78 is 0. The Labute approximate surface area is 168 Å². The summed E-state index contributed by atoms with van der Waals surface area (Å²) in [4.78, 5) is 16.7. The van der Waals surface area contributed by atoms with Crippen LogP contribution >= 0.6 is 0 Å². The molecule has 0 saturated carbocycles. The average Bonchev–Trinajstić information content (AvgIpc) is 3.16. The lowest BCUT2D eigenvalue weighted by Gasteiger charge is -2.11. The molecule has 0 aliphatic heterocycles. The van der Waals surface area contributed by atoms with Crippen LogP contribution in [-0.2, 0) is 0 Å².